The normalized spacial score (nSPS) is 10.1. The van der Waals surface area contributed by atoms with Gasteiger partial charge in [0.1, 0.15) is 5.69 Å². The highest BCUT2D eigenvalue weighted by atomic mass is 32.1. The second kappa shape index (κ2) is 6.80. The number of nitrogens with zero attached hydrogens (tertiary/aromatic N) is 2. The van der Waals surface area contributed by atoms with Gasteiger partial charge < -0.3 is 10.6 Å². The van der Waals surface area contributed by atoms with Crippen molar-refractivity contribution in [2.75, 3.05) is 10.6 Å². The molecule has 1 aromatic carbocycles. The average molecular weight is 324 g/mol. The quantitative estimate of drug-likeness (QED) is 0.772. The van der Waals surface area contributed by atoms with Gasteiger partial charge in [-0.15, -0.1) is 11.3 Å². The van der Waals surface area contributed by atoms with E-state index in [0.717, 1.165) is 0 Å². The van der Waals surface area contributed by atoms with Crippen LogP contribution in [0.15, 0.2) is 59.7 Å². The number of nitrogens with one attached hydrogen (secondary N) is 2. The van der Waals surface area contributed by atoms with Gasteiger partial charge in [0, 0.05) is 11.6 Å². The van der Waals surface area contributed by atoms with Gasteiger partial charge in [-0.05, 0) is 24.3 Å². The topological polar surface area (TPSA) is 84.0 Å². The zero-order chi connectivity index (χ0) is 16.1. The smallest absolute Gasteiger partial charge is 0.275 e. The van der Waals surface area contributed by atoms with Crippen molar-refractivity contribution in [1.82, 2.24) is 9.97 Å². The van der Waals surface area contributed by atoms with Crippen molar-refractivity contribution in [3.8, 4) is 0 Å². The summed E-state index contributed by atoms with van der Waals surface area (Å²) in [5, 5.41) is 7.10. The monoisotopic (exact) mass is 324 g/mol. The molecule has 0 aliphatic heterocycles. The molecule has 23 heavy (non-hydrogen) atoms. The number of para-hydroxylation sites is 1. The lowest BCUT2D eigenvalue weighted by Crippen LogP contribution is -2.18. The first-order valence-corrected chi connectivity index (χ1v) is 7.68. The Morgan fingerprint density at radius 1 is 1.00 bits per heavy atom. The number of rotatable bonds is 4. The van der Waals surface area contributed by atoms with Gasteiger partial charge in [0.2, 0.25) is 0 Å². The lowest BCUT2D eigenvalue weighted by atomic mass is 10.1. The molecule has 0 spiro atoms. The number of aromatic nitrogens is 2. The highest BCUT2D eigenvalue weighted by Crippen LogP contribution is 2.18. The molecule has 2 aromatic heterocycles. The van der Waals surface area contributed by atoms with E-state index in [1.54, 1.807) is 59.7 Å². The summed E-state index contributed by atoms with van der Waals surface area (Å²) in [5.41, 5.74) is 3.26. The van der Waals surface area contributed by atoms with E-state index in [1.807, 2.05) is 0 Å². The van der Waals surface area contributed by atoms with Crippen molar-refractivity contribution in [3.05, 3.63) is 70.9 Å². The average Bonchev–Trinajstić information content (AvgIpc) is 3.11. The lowest BCUT2D eigenvalue weighted by molar-refractivity contribution is 0.102. The molecule has 7 heteroatoms. The molecule has 2 amide bonds. The summed E-state index contributed by atoms with van der Waals surface area (Å²) in [5.74, 6) is -0.681. The minimum Gasteiger partial charge on any atom is -0.321 e. The number of anilines is 2. The van der Waals surface area contributed by atoms with Crippen LogP contribution in [-0.4, -0.2) is 21.8 Å². The van der Waals surface area contributed by atoms with Crippen LogP contribution in [-0.2, 0) is 0 Å². The Balaban J connectivity index is 1.80. The standard InChI is InChI=1S/C16H12N4O2S/c21-15(19-11-4-3-7-17-8-11)12-5-1-2-6-13(12)20-16(22)14-9-23-10-18-14/h1-10H,(H,19,21)(H,20,22). The fourth-order valence-electron chi connectivity index (χ4n) is 1.94. The van der Waals surface area contributed by atoms with Crippen LogP contribution in [0.1, 0.15) is 20.8 Å². The predicted molar refractivity (Wildman–Crippen MR) is 88.7 cm³/mol. The second-order valence-electron chi connectivity index (χ2n) is 4.57. The fourth-order valence-corrected chi connectivity index (χ4v) is 2.47. The van der Waals surface area contributed by atoms with Crippen LogP contribution in [0.5, 0.6) is 0 Å². The number of carbonyl (C=O) groups is 2. The molecule has 0 bridgehead atoms. The summed E-state index contributed by atoms with van der Waals surface area (Å²) >= 11 is 1.33. The number of benzene rings is 1. The molecule has 0 unspecified atom stereocenters. The van der Waals surface area contributed by atoms with E-state index in [4.69, 9.17) is 0 Å². The first-order chi connectivity index (χ1) is 11.2. The van der Waals surface area contributed by atoms with Gasteiger partial charge in [0.25, 0.3) is 11.8 Å². The summed E-state index contributed by atoms with van der Waals surface area (Å²) in [6, 6.07) is 10.3. The first kappa shape index (κ1) is 14.9. The molecule has 114 valence electrons. The molecule has 2 heterocycles. The van der Waals surface area contributed by atoms with E-state index in [1.165, 1.54) is 11.3 Å². The van der Waals surface area contributed by atoms with E-state index >= 15 is 0 Å². The Hall–Kier alpha value is -3.06. The van der Waals surface area contributed by atoms with Crippen molar-refractivity contribution in [2.24, 2.45) is 0 Å². The molecular weight excluding hydrogens is 312 g/mol. The van der Waals surface area contributed by atoms with Gasteiger partial charge in [0.05, 0.1) is 28.6 Å². The molecule has 0 aliphatic rings. The number of hydrogen-bond donors (Lipinski definition) is 2. The molecule has 0 radical (unpaired) electrons. The summed E-state index contributed by atoms with van der Waals surface area (Å²) in [6.07, 6.45) is 3.17. The fraction of sp³-hybridized carbons (Fsp3) is 0. The van der Waals surface area contributed by atoms with Crippen LogP contribution in [0.4, 0.5) is 11.4 Å². The molecule has 3 rings (SSSR count). The molecule has 0 saturated heterocycles. The minimum absolute atomic E-state index is 0.317. The van der Waals surface area contributed by atoms with Crippen molar-refractivity contribution >= 4 is 34.5 Å². The third-order valence-corrected chi connectivity index (χ3v) is 3.59. The molecular formula is C16H12N4O2S. The highest BCUT2D eigenvalue weighted by Gasteiger charge is 2.15. The largest absolute Gasteiger partial charge is 0.321 e. The molecule has 0 saturated carbocycles. The van der Waals surface area contributed by atoms with E-state index in [0.29, 0.717) is 22.6 Å². The third-order valence-electron chi connectivity index (χ3n) is 3.00. The maximum atomic E-state index is 12.4. The molecule has 3 aromatic rings. The molecule has 0 atom stereocenters. The molecule has 6 nitrogen and oxygen atoms in total. The van der Waals surface area contributed by atoms with Crippen LogP contribution in [0, 0.1) is 0 Å². The summed E-state index contributed by atoms with van der Waals surface area (Å²) in [4.78, 5) is 32.4. The van der Waals surface area contributed by atoms with Crippen LogP contribution >= 0.6 is 11.3 Å². The van der Waals surface area contributed by atoms with E-state index < -0.39 is 0 Å². The summed E-state index contributed by atoms with van der Waals surface area (Å²) in [7, 11) is 0. The van der Waals surface area contributed by atoms with Crippen LogP contribution in [0.25, 0.3) is 0 Å². The van der Waals surface area contributed by atoms with Gasteiger partial charge in [-0.2, -0.15) is 0 Å². The Bertz CT molecular complexity index is 819. The Morgan fingerprint density at radius 3 is 2.61 bits per heavy atom. The van der Waals surface area contributed by atoms with Crippen LogP contribution in [0.2, 0.25) is 0 Å². The number of thiazole rings is 1. The maximum Gasteiger partial charge on any atom is 0.275 e. The predicted octanol–water partition coefficient (Wildman–Crippen LogP) is 3.04. The highest BCUT2D eigenvalue weighted by molar-refractivity contribution is 7.07. The third kappa shape index (κ3) is 3.58. The van der Waals surface area contributed by atoms with E-state index in [2.05, 4.69) is 20.6 Å². The number of hydrogen-bond acceptors (Lipinski definition) is 5. The maximum absolute atomic E-state index is 12.4. The Morgan fingerprint density at radius 2 is 1.87 bits per heavy atom. The van der Waals surface area contributed by atoms with Crippen molar-refractivity contribution < 1.29 is 9.59 Å². The Kier molecular flexibility index (Phi) is 4.39. The number of carbonyl (C=O) groups excluding carboxylic acids is 2. The van der Waals surface area contributed by atoms with Gasteiger partial charge in [-0.3, -0.25) is 14.6 Å². The zero-order valence-corrected chi connectivity index (χ0v) is 12.7. The van der Waals surface area contributed by atoms with Crippen LogP contribution in [0.3, 0.4) is 0 Å². The zero-order valence-electron chi connectivity index (χ0n) is 11.9. The van der Waals surface area contributed by atoms with Crippen molar-refractivity contribution in [2.45, 2.75) is 0 Å². The lowest BCUT2D eigenvalue weighted by Gasteiger charge is -2.10. The van der Waals surface area contributed by atoms with Gasteiger partial charge in [0.15, 0.2) is 0 Å². The van der Waals surface area contributed by atoms with E-state index in [9.17, 15) is 9.59 Å². The molecule has 2 N–H and O–H groups in total. The summed E-state index contributed by atoms with van der Waals surface area (Å²) in [6.45, 7) is 0. The second-order valence-corrected chi connectivity index (χ2v) is 5.29. The Labute approximate surface area is 136 Å². The van der Waals surface area contributed by atoms with Crippen LogP contribution < -0.4 is 10.6 Å². The van der Waals surface area contributed by atoms with Gasteiger partial charge in [-0.1, -0.05) is 12.1 Å². The summed E-state index contributed by atoms with van der Waals surface area (Å²) < 4.78 is 0. The van der Waals surface area contributed by atoms with Gasteiger partial charge in [-0.25, -0.2) is 4.98 Å². The minimum atomic E-state index is -0.354. The van der Waals surface area contributed by atoms with Crippen molar-refractivity contribution in [3.63, 3.8) is 0 Å². The van der Waals surface area contributed by atoms with E-state index in [-0.39, 0.29) is 11.8 Å². The van der Waals surface area contributed by atoms with Gasteiger partial charge >= 0.3 is 0 Å². The molecule has 0 aliphatic carbocycles. The SMILES string of the molecule is O=C(Nc1ccccc1C(=O)Nc1cccnc1)c1cscn1. The van der Waals surface area contributed by atoms with Crippen molar-refractivity contribution in [1.29, 1.82) is 0 Å². The molecule has 0 fully saturated rings. The number of pyridine rings is 1. The number of amides is 2. The first-order valence-electron chi connectivity index (χ1n) is 6.74.